The summed E-state index contributed by atoms with van der Waals surface area (Å²) in [7, 11) is 0. The lowest BCUT2D eigenvalue weighted by Gasteiger charge is -2.31. The lowest BCUT2D eigenvalue weighted by molar-refractivity contribution is 0.297. The lowest BCUT2D eigenvalue weighted by Crippen LogP contribution is -2.37. The molecule has 0 amide bonds. The van der Waals surface area contributed by atoms with E-state index >= 15 is 0 Å². The topological polar surface area (TPSA) is 12.0 Å². The zero-order chi connectivity index (χ0) is 13.1. The number of hydrogen-bond acceptors (Lipinski definition) is 2. The van der Waals surface area contributed by atoms with Gasteiger partial charge in [0, 0.05) is 17.0 Å². The molecule has 1 heterocycles. The Hall–Kier alpha value is -0.340. The Morgan fingerprint density at radius 2 is 1.89 bits per heavy atom. The van der Waals surface area contributed by atoms with Crippen LogP contribution in [-0.2, 0) is 6.42 Å². The Kier molecular flexibility index (Phi) is 4.60. The highest BCUT2D eigenvalue weighted by atomic mass is 32.1. The van der Waals surface area contributed by atoms with Gasteiger partial charge in [0.15, 0.2) is 0 Å². The summed E-state index contributed by atoms with van der Waals surface area (Å²) in [4.78, 5) is 1.64. The molecule has 19 heavy (non-hydrogen) atoms. The van der Waals surface area contributed by atoms with E-state index in [4.69, 9.17) is 0 Å². The summed E-state index contributed by atoms with van der Waals surface area (Å²) in [5.41, 5.74) is 1.61. The molecule has 2 aliphatic rings. The quantitative estimate of drug-likeness (QED) is 0.760. The van der Waals surface area contributed by atoms with Gasteiger partial charge in [-0.3, -0.25) is 0 Å². The highest BCUT2D eigenvalue weighted by Crippen LogP contribution is 2.35. The van der Waals surface area contributed by atoms with Gasteiger partial charge < -0.3 is 5.32 Å². The second-order valence-corrected chi connectivity index (χ2v) is 7.45. The molecule has 0 spiro atoms. The van der Waals surface area contributed by atoms with Gasteiger partial charge in [-0.2, -0.15) is 0 Å². The van der Waals surface area contributed by atoms with E-state index in [0.29, 0.717) is 12.1 Å². The molecule has 2 atom stereocenters. The molecule has 1 N–H and O–H groups in total. The van der Waals surface area contributed by atoms with E-state index in [-0.39, 0.29) is 0 Å². The third-order valence-corrected chi connectivity index (χ3v) is 6.12. The highest BCUT2D eigenvalue weighted by Gasteiger charge is 2.25. The molecule has 106 valence electrons. The van der Waals surface area contributed by atoms with Crippen LogP contribution in [0.1, 0.15) is 74.8 Å². The molecule has 0 aromatic carbocycles. The maximum Gasteiger partial charge on any atom is 0.0333 e. The van der Waals surface area contributed by atoms with Crippen LogP contribution in [0.25, 0.3) is 0 Å². The molecule has 0 saturated heterocycles. The van der Waals surface area contributed by atoms with Gasteiger partial charge in [0.25, 0.3) is 0 Å². The number of thiophene rings is 1. The zero-order valence-electron chi connectivity index (χ0n) is 12.2. The normalized spacial score (nSPS) is 26.7. The van der Waals surface area contributed by atoms with Crippen molar-refractivity contribution in [2.45, 2.75) is 76.8 Å². The van der Waals surface area contributed by atoms with Crippen LogP contribution in [0.3, 0.4) is 0 Å². The minimum Gasteiger partial charge on any atom is -0.307 e. The van der Waals surface area contributed by atoms with Gasteiger partial charge in [-0.05, 0) is 62.0 Å². The lowest BCUT2D eigenvalue weighted by atomic mass is 9.89. The third-order valence-electron chi connectivity index (χ3n) is 5.12. The van der Waals surface area contributed by atoms with E-state index in [9.17, 15) is 0 Å². The largest absolute Gasteiger partial charge is 0.307 e. The predicted octanol–water partition coefficient (Wildman–Crippen LogP) is 5.07. The molecule has 1 unspecified atom stereocenters. The second kappa shape index (κ2) is 6.41. The Morgan fingerprint density at radius 3 is 2.68 bits per heavy atom. The first-order valence-corrected chi connectivity index (χ1v) is 9.05. The Balaban J connectivity index is 1.62. The first-order valence-electron chi connectivity index (χ1n) is 8.17. The van der Waals surface area contributed by atoms with Gasteiger partial charge in [-0.25, -0.2) is 0 Å². The van der Waals surface area contributed by atoms with Crippen LogP contribution in [0.5, 0.6) is 0 Å². The predicted molar refractivity (Wildman–Crippen MR) is 83.8 cm³/mol. The molecule has 1 aromatic heterocycles. The Morgan fingerprint density at radius 1 is 1.11 bits per heavy atom. The number of rotatable bonds is 3. The zero-order valence-corrected chi connectivity index (χ0v) is 13.0. The van der Waals surface area contributed by atoms with Gasteiger partial charge >= 0.3 is 0 Å². The molecular weight excluding hydrogens is 250 g/mol. The molecule has 3 rings (SSSR count). The average molecular weight is 277 g/mol. The highest BCUT2D eigenvalue weighted by molar-refractivity contribution is 7.10. The summed E-state index contributed by atoms with van der Waals surface area (Å²) < 4.78 is 0. The second-order valence-electron chi connectivity index (χ2n) is 6.45. The third kappa shape index (κ3) is 3.22. The van der Waals surface area contributed by atoms with Crippen molar-refractivity contribution in [3.05, 3.63) is 21.9 Å². The van der Waals surface area contributed by atoms with Crippen LogP contribution < -0.4 is 5.32 Å². The summed E-state index contributed by atoms with van der Waals surface area (Å²) in [6.07, 6.45) is 12.7. The molecule has 0 aliphatic heterocycles. The van der Waals surface area contributed by atoms with Crippen molar-refractivity contribution < 1.29 is 0 Å². The van der Waals surface area contributed by atoms with Gasteiger partial charge in [0.2, 0.25) is 0 Å². The number of aryl methyl sites for hydroxylation is 1. The van der Waals surface area contributed by atoms with E-state index in [1.165, 1.54) is 57.8 Å². The maximum absolute atomic E-state index is 3.97. The van der Waals surface area contributed by atoms with Crippen molar-refractivity contribution in [3.63, 3.8) is 0 Å². The van der Waals surface area contributed by atoms with Crippen molar-refractivity contribution in [2.24, 2.45) is 5.92 Å². The van der Waals surface area contributed by atoms with Gasteiger partial charge in [-0.1, -0.05) is 25.7 Å². The fraction of sp³-hybridized carbons (Fsp3) is 0.765. The molecular formula is C17H27NS. The molecule has 0 bridgehead atoms. The van der Waals surface area contributed by atoms with Gasteiger partial charge in [-0.15, -0.1) is 11.3 Å². The van der Waals surface area contributed by atoms with E-state index in [1.807, 2.05) is 11.3 Å². The first-order chi connectivity index (χ1) is 9.34. The van der Waals surface area contributed by atoms with Crippen molar-refractivity contribution in [2.75, 3.05) is 0 Å². The van der Waals surface area contributed by atoms with Crippen LogP contribution >= 0.6 is 11.3 Å². The smallest absolute Gasteiger partial charge is 0.0333 e. The Labute approximate surface area is 121 Å². The standard InChI is InChI=1S/C17H27NS/c1-13(14-7-4-2-3-5-8-14)18-16-9-6-10-17-15(16)11-12-19-17/h11-14,16,18H,2-10H2,1H3/t13-,16?/m0/s1. The van der Waals surface area contributed by atoms with E-state index in [1.54, 1.807) is 10.4 Å². The fourth-order valence-electron chi connectivity index (χ4n) is 3.92. The van der Waals surface area contributed by atoms with Crippen molar-refractivity contribution >= 4 is 11.3 Å². The van der Waals surface area contributed by atoms with Crippen LogP contribution in [0.2, 0.25) is 0 Å². The minimum absolute atomic E-state index is 0.633. The number of fused-ring (bicyclic) bond motifs is 1. The number of nitrogens with one attached hydrogen (secondary N) is 1. The summed E-state index contributed by atoms with van der Waals surface area (Å²) in [6.45, 7) is 2.43. The maximum atomic E-state index is 3.97. The summed E-state index contributed by atoms with van der Waals surface area (Å²) in [6, 6.07) is 3.68. The molecule has 1 saturated carbocycles. The van der Waals surface area contributed by atoms with E-state index in [0.717, 1.165) is 5.92 Å². The van der Waals surface area contributed by atoms with E-state index in [2.05, 4.69) is 23.7 Å². The minimum atomic E-state index is 0.633. The monoisotopic (exact) mass is 277 g/mol. The SMILES string of the molecule is C[C@H](NC1CCCc2sccc21)C1CCCCCC1. The van der Waals surface area contributed by atoms with Crippen LogP contribution in [0, 0.1) is 5.92 Å². The van der Waals surface area contributed by atoms with Crippen molar-refractivity contribution in [1.29, 1.82) is 0 Å². The Bertz CT molecular complexity index is 390. The molecule has 1 aromatic rings. The molecule has 0 radical (unpaired) electrons. The van der Waals surface area contributed by atoms with Crippen molar-refractivity contribution in [3.8, 4) is 0 Å². The summed E-state index contributed by atoms with van der Waals surface area (Å²) in [5, 5.41) is 6.24. The van der Waals surface area contributed by atoms with Crippen LogP contribution in [-0.4, -0.2) is 6.04 Å². The molecule has 1 nitrogen and oxygen atoms in total. The van der Waals surface area contributed by atoms with Crippen molar-refractivity contribution in [1.82, 2.24) is 5.32 Å². The average Bonchev–Trinajstić information content (AvgIpc) is 2.73. The van der Waals surface area contributed by atoms with Crippen LogP contribution in [0.15, 0.2) is 11.4 Å². The van der Waals surface area contributed by atoms with Gasteiger partial charge in [0.1, 0.15) is 0 Å². The van der Waals surface area contributed by atoms with Gasteiger partial charge in [0.05, 0.1) is 0 Å². The van der Waals surface area contributed by atoms with Crippen LogP contribution in [0.4, 0.5) is 0 Å². The molecule has 2 heteroatoms. The number of hydrogen-bond donors (Lipinski definition) is 1. The summed E-state index contributed by atoms with van der Waals surface area (Å²) >= 11 is 1.96. The van der Waals surface area contributed by atoms with E-state index < -0.39 is 0 Å². The summed E-state index contributed by atoms with van der Waals surface area (Å²) in [5.74, 6) is 0.909. The molecule has 2 aliphatic carbocycles. The first kappa shape index (κ1) is 13.6. The fourth-order valence-corrected chi connectivity index (χ4v) is 4.91. The molecule has 1 fully saturated rings.